The van der Waals surface area contributed by atoms with Gasteiger partial charge >= 0.3 is 0 Å². The molecule has 0 aliphatic rings. The molecule has 1 aromatic carbocycles. The summed E-state index contributed by atoms with van der Waals surface area (Å²) in [6.07, 6.45) is 4.79. The zero-order valence-electron chi connectivity index (χ0n) is 14.4. The van der Waals surface area contributed by atoms with Gasteiger partial charge in [-0.2, -0.15) is 0 Å². The highest BCUT2D eigenvalue weighted by molar-refractivity contribution is 5.90. The quantitative estimate of drug-likeness (QED) is 0.743. The number of anilines is 1. The minimum atomic E-state index is -0.204. The summed E-state index contributed by atoms with van der Waals surface area (Å²) in [5.74, 6) is 0.0214. The molecule has 2 aromatic heterocycles. The molecule has 1 amide bonds. The summed E-state index contributed by atoms with van der Waals surface area (Å²) in [6.45, 7) is 2.15. The van der Waals surface area contributed by atoms with Gasteiger partial charge in [0.2, 0.25) is 11.3 Å². The van der Waals surface area contributed by atoms with Crippen molar-refractivity contribution < 1.29 is 9.53 Å². The Bertz CT molecular complexity index is 938. The first-order chi connectivity index (χ1) is 12.6. The van der Waals surface area contributed by atoms with Crippen LogP contribution in [0.5, 0.6) is 5.75 Å². The number of nitrogens with zero attached hydrogens (tertiary/aromatic N) is 2. The van der Waals surface area contributed by atoms with Crippen molar-refractivity contribution >= 4 is 11.6 Å². The largest absolute Gasteiger partial charge is 0.483 e. The second-order valence-electron chi connectivity index (χ2n) is 5.83. The molecule has 0 bridgehead atoms. The van der Waals surface area contributed by atoms with Crippen molar-refractivity contribution in [2.24, 2.45) is 0 Å². The highest BCUT2D eigenvalue weighted by atomic mass is 16.5. The van der Waals surface area contributed by atoms with Crippen molar-refractivity contribution in [3.8, 4) is 5.75 Å². The third-order valence-electron chi connectivity index (χ3n) is 3.82. The number of nitrogens with one attached hydrogen (secondary N) is 1. The Morgan fingerprint density at radius 3 is 2.62 bits per heavy atom. The Kier molecular flexibility index (Phi) is 5.43. The Labute approximate surface area is 151 Å². The number of carbonyl (C=O) groups is 1. The molecule has 0 spiro atoms. The van der Waals surface area contributed by atoms with Crippen LogP contribution in [0, 0.1) is 6.92 Å². The number of benzene rings is 1. The van der Waals surface area contributed by atoms with Crippen molar-refractivity contribution in [3.63, 3.8) is 0 Å². The van der Waals surface area contributed by atoms with Gasteiger partial charge in [-0.25, -0.2) is 0 Å². The molecular formula is C20H19N3O3. The molecule has 132 valence electrons. The lowest BCUT2D eigenvalue weighted by Gasteiger charge is -2.13. The van der Waals surface area contributed by atoms with Gasteiger partial charge in [-0.3, -0.25) is 14.6 Å². The van der Waals surface area contributed by atoms with Gasteiger partial charge in [-0.05, 0) is 24.6 Å². The molecule has 6 nitrogen and oxygen atoms in total. The fourth-order valence-electron chi connectivity index (χ4n) is 2.46. The van der Waals surface area contributed by atoms with Crippen LogP contribution in [0.4, 0.5) is 5.69 Å². The summed E-state index contributed by atoms with van der Waals surface area (Å²) in [5.41, 5.74) is 2.12. The van der Waals surface area contributed by atoms with Gasteiger partial charge in [0, 0.05) is 29.8 Å². The van der Waals surface area contributed by atoms with Crippen LogP contribution < -0.4 is 15.5 Å². The van der Waals surface area contributed by atoms with Crippen LogP contribution >= 0.6 is 0 Å². The Morgan fingerprint density at radius 1 is 1.15 bits per heavy atom. The molecule has 3 aromatic rings. The summed E-state index contributed by atoms with van der Waals surface area (Å²) in [5, 5.41) is 2.79. The van der Waals surface area contributed by atoms with Gasteiger partial charge in [-0.1, -0.05) is 30.3 Å². The van der Waals surface area contributed by atoms with E-state index in [1.807, 2.05) is 30.3 Å². The highest BCUT2D eigenvalue weighted by Crippen LogP contribution is 2.10. The molecule has 0 fully saturated rings. The van der Waals surface area contributed by atoms with Crippen molar-refractivity contribution in [3.05, 3.63) is 88.6 Å². The minimum Gasteiger partial charge on any atom is -0.483 e. The maximum Gasteiger partial charge on any atom is 0.244 e. The molecular weight excluding hydrogens is 330 g/mol. The molecule has 0 atom stereocenters. The fraction of sp³-hybridized carbons (Fsp3) is 0.150. The smallest absolute Gasteiger partial charge is 0.244 e. The lowest BCUT2D eigenvalue weighted by Crippen LogP contribution is -2.22. The van der Waals surface area contributed by atoms with Gasteiger partial charge in [0.05, 0.1) is 6.20 Å². The zero-order chi connectivity index (χ0) is 18.4. The minimum absolute atomic E-state index is 0.0795. The van der Waals surface area contributed by atoms with Gasteiger partial charge in [0.15, 0.2) is 5.75 Å². The standard InChI is InChI=1S/C20H19N3O3/c1-15-11-18(24)19(26-14-16-5-3-2-4-6-16)12-23(15)13-20(25)22-17-7-9-21-10-8-17/h2-12H,13-14H2,1H3,(H,21,22,25). The molecule has 0 unspecified atom stereocenters. The van der Waals surface area contributed by atoms with Crippen LogP contribution in [0.15, 0.2) is 71.9 Å². The van der Waals surface area contributed by atoms with Crippen LogP contribution in [0.25, 0.3) is 0 Å². The van der Waals surface area contributed by atoms with Crippen LogP contribution in [-0.2, 0) is 17.9 Å². The Morgan fingerprint density at radius 2 is 1.88 bits per heavy atom. The average Bonchev–Trinajstić information content (AvgIpc) is 2.64. The molecule has 0 saturated heterocycles. The summed E-state index contributed by atoms with van der Waals surface area (Å²) in [4.78, 5) is 28.3. The first-order valence-corrected chi connectivity index (χ1v) is 8.19. The Balaban J connectivity index is 1.71. The molecule has 0 radical (unpaired) electrons. The molecule has 6 heteroatoms. The lowest BCUT2D eigenvalue weighted by molar-refractivity contribution is -0.116. The van der Waals surface area contributed by atoms with Crippen LogP contribution in [-0.4, -0.2) is 15.5 Å². The van der Waals surface area contributed by atoms with E-state index >= 15 is 0 Å². The second-order valence-corrected chi connectivity index (χ2v) is 5.83. The van der Waals surface area contributed by atoms with Gasteiger partial charge in [0.1, 0.15) is 13.2 Å². The molecule has 0 saturated carbocycles. The first kappa shape index (κ1) is 17.4. The SMILES string of the molecule is Cc1cc(=O)c(OCc2ccccc2)cn1CC(=O)Nc1ccncc1. The van der Waals surface area contributed by atoms with E-state index in [2.05, 4.69) is 10.3 Å². The van der Waals surface area contributed by atoms with Gasteiger partial charge in [0.25, 0.3) is 0 Å². The summed E-state index contributed by atoms with van der Waals surface area (Å²) < 4.78 is 7.34. The molecule has 26 heavy (non-hydrogen) atoms. The molecule has 3 rings (SSSR count). The number of rotatable bonds is 6. The second kappa shape index (κ2) is 8.11. The van der Waals surface area contributed by atoms with Crippen molar-refractivity contribution in [2.45, 2.75) is 20.1 Å². The van der Waals surface area contributed by atoms with Crippen LogP contribution in [0.1, 0.15) is 11.3 Å². The maximum atomic E-state index is 12.2. The average molecular weight is 349 g/mol. The summed E-state index contributed by atoms with van der Waals surface area (Å²) in [7, 11) is 0. The zero-order valence-corrected chi connectivity index (χ0v) is 14.4. The highest BCUT2D eigenvalue weighted by Gasteiger charge is 2.09. The predicted octanol–water partition coefficient (Wildman–Crippen LogP) is 2.77. The monoisotopic (exact) mass is 349 g/mol. The van der Waals surface area contributed by atoms with Crippen molar-refractivity contribution in [2.75, 3.05) is 5.32 Å². The van der Waals surface area contributed by atoms with E-state index in [1.165, 1.54) is 6.07 Å². The first-order valence-electron chi connectivity index (χ1n) is 8.19. The summed E-state index contributed by atoms with van der Waals surface area (Å²) in [6, 6.07) is 14.5. The van der Waals surface area contributed by atoms with E-state index in [1.54, 1.807) is 42.2 Å². The predicted molar refractivity (Wildman–Crippen MR) is 99.1 cm³/mol. The molecule has 0 aliphatic heterocycles. The number of hydrogen-bond donors (Lipinski definition) is 1. The lowest BCUT2D eigenvalue weighted by atomic mass is 10.2. The maximum absolute atomic E-state index is 12.2. The van der Waals surface area contributed by atoms with Crippen molar-refractivity contribution in [1.29, 1.82) is 0 Å². The van der Waals surface area contributed by atoms with E-state index in [-0.39, 0.29) is 23.6 Å². The number of amides is 1. The van der Waals surface area contributed by atoms with Crippen molar-refractivity contribution in [1.82, 2.24) is 9.55 Å². The van der Waals surface area contributed by atoms with E-state index in [4.69, 9.17) is 4.74 Å². The number of aryl methyl sites for hydroxylation is 1. The molecule has 1 N–H and O–H groups in total. The number of aromatic nitrogens is 2. The summed E-state index contributed by atoms with van der Waals surface area (Å²) >= 11 is 0. The molecule has 0 aliphatic carbocycles. The topological polar surface area (TPSA) is 73.2 Å². The van der Waals surface area contributed by atoms with Crippen LogP contribution in [0.2, 0.25) is 0 Å². The van der Waals surface area contributed by atoms with E-state index in [0.29, 0.717) is 18.0 Å². The normalized spacial score (nSPS) is 10.3. The van der Waals surface area contributed by atoms with E-state index in [0.717, 1.165) is 5.56 Å². The number of carbonyl (C=O) groups excluding carboxylic acids is 1. The van der Waals surface area contributed by atoms with Crippen LogP contribution in [0.3, 0.4) is 0 Å². The fourth-order valence-corrected chi connectivity index (χ4v) is 2.46. The Hall–Kier alpha value is -3.41. The number of ether oxygens (including phenoxy) is 1. The number of hydrogen-bond acceptors (Lipinski definition) is 4. The third-order valence-corrected chi connectivity index (χ3v) is 3.82. The molecule has 2 heterocycles. The van der Waals surface area contributed by atoms with Gasteiger partial charge in [-0.15, -0.1) is 0 Å². The number of pyridine rings is 2. The third kappa shape index (κ3) is 4.57. The van der Waals surface area contributed by atoms with Gasteiger partial charge < -0.3 is 14.6 Å². The van der Waals surface area contributed by atoms with E-state index < -0.39 is 0 Å². The van der Waals surface area contributed by atoms with E-state index in [9.17, 15) is 9.59 Å².